The number of hydrogen-bond acceptors (Lipinski definition) is 3. The summed E-state index contributed by atoms with van der Waals surface area (Å²) in [6.45, 7) is 5.91. The van der Waals surface area contributed by atoms with Gasteiger partial charge in [0.05, 0.1) is 5.92 Å². The van der Waals surface area contributed by atoms with E-state index in [1.54, 1.807) is 0 Å². The second-order valence-electron chi connectivity index (χ2n) is 8.78. The number of anilines is 1. The normalized spacial score (nSPS) is 21.2. The predicted molar refractivity (Wildman–Crippen MR) is 127 cm³/mol. The Labute approximate surface area is 192 Å². The molecular weight excluding hydrogens is 454 g/mol. The van der Waals surface area contributed by atoms with Crippen LogP contribution in [0.3, 0.4) is 0 Å². The molecule has 2 amide bonds. The zero-order valence-corrected chi connectivity index (χ0v) is 19.6. The maximum atomic E-state index is 12.8. The Balaban J connectivity index is 1.27. The summed E-state index contributed by atoms with van der Waals surface area (Å²) in [5, 5.41) is 3.17. The minimum absolute atomic E-state index is 0.0259. The SMILES string of the molecule is Cc1ccc(C(=O)N2CCCC(C(=O)NCC3CCN(c4cccc(Br)c4)C3)C2)cc1. The van der Waals surface area contributed by atoms with Crippen molar-refractivity contribution in [2.24, 2.45) is 11.8 Å². The Morgan fingerprint density at radius 3 is 2.65 bits per heavy atom. The average Bonchev–Trinajstić information content (AvgIpc) is 3.27. The van der Waals surface area contributed by atoms with Gasteiger partial charge in [0.1, 0.15) is 0 Å². The lowest BCUT2D eigenvalue weighted by molar-refractivity contribution is -0.126. The predicted octanol–water partition coefficient (Wildman–Crippen LogP) is 4.25. The van der Waals surface area contributed by atoms with E-state index in [9.17, 15) is 9.59 Å². The monoisotopic (exact) mass is 483 g/mol. The van der Waals surface area contributed by atoms with Gasteiger partial charge in [0, 0.05) is 48.4 Å². The molecule has 4 rings (SSSR count). The number of hydrogen-bond donors (Lipinski definition) is 1. The van der Waals surface area contributed by atoms with Crippen LogP contribution in [0.15, 0.2) is 53.0 Å². The maximum absolute atomic E-state index is 12.8. The summed E-state index contributed by atoms with van der Waals surface area (Å²) in [7, 11) is 0. The molecule has 1 N–H and O–H groups in total. The minimum atomic E-state index is -0.120. The third-order valence-corrected chi connectivity index (χ3v) is 6.90. The van der Waals surface area contributed by atoms with Gasteiger partial charge in [-0.2, -0.15) is 0 Å². The number of amides is 2. The van der Waals surface area contributed by atoms with Crippen molar-refractivity contribution >= 4 is 33.4 Å². The van der Waals surface area contributed by atoms with Gasteiger partial charge in [-0.3, -0.25) is 9.59 Å². The Hall–Kier alpha value is -2.34. The van der Waals surface area contributed by atoms with Crippen molar-refractivity contribution in [1.82, 2.24) is 10.2 Å². The topological polar surface area (TPSA) is 52.7 Å². The van der Waals surface area contributed by atoms with Crippen LogP contribution >= 0.6 is 15.9 Å². The van der Waals surface area contributed by atoms with Crippen LogP contribution in [-0.2, 0) is 4.79 Å². The van der Waals surface area contributed by atoms with E-state index in [0.29, 0.717) is 24.6 Å². The van der Waals surface area contributed by atoms with Gasteiger partial charge in [-0.05, 0) is 62.4 Å². The van der Waals surface area contributed by atoms with E-state index in [-0.39, 0.29) is 17.7 Å². The fourth-order valence-electron chi connectivity index (χ4n) is 4.55. The first-order valence-electron chi connectivity index (χ1n) is 11.1. The summed E-state index contributed by atoms with van der Waals surface area (Å²) in [4.78, 5) is 29.9. The lowest BCUT2D eigenvalue weighted by Crippen LogP contribution is -2.46. The number of benzene rings is 2. The molecule has 0 aliphatic carbocycles. The number of carbonyl (C=O) groups is 2. The van der Waals surface area contributed by atoms with Crippen LogP contribution in [-0.4, -0.2) is 49.4 Å². The van der Waals surface area contributed by atoms with Crippen molar-refractivity contribution in [3.8, 4) is 0 Å². The van der Waals surface area contributed by atoms with E-state index < -0.39 is 0 Å². The quantitative estimate of drug-likeness (QED) is 0.691. The first kappa shape index (κ1) is 21.9. The number of carbonyl (C=O) groups excluding carboxylic acids is 2. The van der Waals surface area contributed by atoms with Crippen molar-refractivity contribution in [3.05, 3.63) is 64.1 Å². The van der Waals surface area contributed by atoms with Crippen molar-refractivity contribution < 1.29 is 9.59 Å². The minimum Gasteiger partial charge on any atom is -0.371 e. The lowest BCUT2D eigenvalue weighted by atomic mass is 9.96. The number of aryl methyl sites for hydroxylation is 1. The highest BCUT2D eigenvalue weighted by Gasteiger charge is 2.30. The molecule has 31 heavy (non-hydrogen) atoms. The van der Waals surface area contributed by atoms with E-state index in [2.05, 4.69) is 44.3 Å². The van der Waals surface area contributed by atoms with Gasteiger partial charge in [-0.15, -0.1) is 0 Å². The number of rotatable bonds is 5. The molecule has 0 saturated carbocycles. The van der Waals surface area contributed by atoms with Crippen molar-refractivity contribution in [2.75, 3.05) is 37.6 Å². The summed E-state index contributed by atoms with van der Waals surface area (Å²) < 4.78 is 1.09. The smallest absolute Gasteiger partial charge is 0.253 e. The van der Waals surface area contributed by atoms with Gasteiger partial charge in [0.15, 0.2) is 0 Å². The molecule has 5 nitrogen and oxygen atoms in total. The fourth-order valence-corrected chi connectivity index (χ4v) is 4.94. The molecule has 0 spiro atoms. The Morgan fingerprint density at radius 1 is 1.06 bits per heavy atom. The molecule has 2 atom stereocenters. The standard InChI is InChI=1S/C25H30BrN3O2/c1-18-7-9-20(10-8-18)25(31)29-12-3-4-21(17-29)24(30)27-15-19-11-13-28(16-19)23-6-2-5-22(26)14-23/h2,5-10,14,19,21H,3-4,11-13,15-17H2,1H3,(H,27,30). The third-order valence-electron chi connectivity index (χ3n) is 6.40. The Kier molecular flexibility index (Phi) is 6.96. The van der Waals surface area contributed by atoms with E-state index in [4.69, 9.17) is 0 Å². The number of likely N-dealkylation sites (tertiary alicyclic amines) is 1. The van der Waals surface area contributed by atoms with E-state index in [0.717, 1.165) is 48.9 Å². The lowest BCUT2D eigenvalue weighted by Gasteiger charge is -2.32. The molecule has 2 aromatic carbocycles. The zero-order chi connectivity index (χ0) is 21.8. The summed E-state index contributed by atoms with van der Waals surface area (Å²) >= 11 is 3.54. The zero-order valence-electron chi connectivity index (χ0n) is 18.0. The molecular formula is C25H30BrN3O2. The van der Waals surface area contributed by atoms with E-state index in [1.807, 2.05) is 42.2 Å². The van der Waals surface area contributed by atoms with Crippen molar-refractivity contribution in [3.63, 3.8) is 0 Å². The van der Waals surface area contributed by atoms with E-state index >= 15 is 0 Å². The molecule has 164 valence electrons. The van der Waals surface area contributed by atoms with Crippen LogP contribution in [0.5, 0.6) is 0 Å². The highest BCUT2D eigenvalue weighted by atomic mass is 79.9. The summed E-state index contributed by atoms with van der Waals surface area (Å²) in [6.07, 6.45) is 2.80. The highest BCUT2D eigenvalue weighted by molar-refractivity contribution is 9.10. The number of piperidine rings is 1. The number of nitrogens with one attached hydrogen (secondary N) is 1. The van der Waals surface area contributed by atoms with Crippen LogP contribution in [0.1, 0.15) is 35.2 Å². The maximum Gasteiger partial charge on any atom is 0.253 e. The fraction of sp³-hybridized carbons (Fsp3) is 0.440. The molecule has 2 aromatic rings. The largest absolute Gasteiger partial charge is 0.371 e. The van der Waals surface area contributed by atoms with Gasteiger partial charge in [-0.25, -0.2) is 0 Å². The van der Waals surface area contributed by atoms with Crippen LogP contribution in [0, 0.1) is 18.8 Å². The first-order chi connectivity index (χ1) is 15.0. The van der Waals surface area contributed by atoms with Gasteiger partial charge >= 0.3 is 0 Å². The van der Waals surface area contributed by atoms with Gasteiger partial charge < -0.3 is 15.1 Å². The summed E-state index contributed by atoms with van der Waals surface area (Å²) in [5.41, 5.74) is 3.06. The molecule has 0 bridgehead atoms. The molecule has 2 unspecified atom stereocenters. The van der Waals surface area contributed by atoms with Crippen LogP contribution < -0.4 is 10.2 Å². The molecule has 2 aliphatic heterocycles. The van der Waals surface area contributed by atoms with Gasteiger partial charge in [0.25, 0.3) is 5.91 Å². The molecule has 6 heteroatoms. The highest BCUT2D eigenvalue weighted by Crippen LogP contribution is 2.26. The summed E-state index contributed by atoms with van der Waals surface area (Å²) in [5.74, 6) is 0.447. The number of halogens is 1. The van der Waals surface area contributed by atoms with Crippen LogP contribution in [0.2, 0.25) is 0 Å². The molecule has 2 aliphatic rings. The van der Waals surface area contributed by atoms with Crippen molar-refractivity contribution in [2.45, 2.75) is 26.2 Å². The first-order valence-corrected chi connectivity index (χ1v) is 11.9. The Morgan fingerprint density at radius 2 is 1.87 bits per heavy atom. The average molecular weight is 484 g/mol. The molecule has 0 aromatic heterocycles. The van der Waals surface area contributed by atoms with E-state index in [1.165, 1.54) is 5.69 Å². The van der Waals surface area contributed by atoms with Crippen molar-refractivity contribution in [1.29, 1.82) is 0 Å². The second-order valence-corrected chi connectivity index (χ2v) is 9.70. The van der Waals surface area contributed by atoms with Crippen LogP contribution in [0.25, 0.3) is 0 Å². The third kappa shape index (κ3) is 5.48. The van der Waals surface area contributed by atoms with Gasteiger partial charge in [0.2, 0.25) is 5.91 Å². The molecule has 0 radical (unpaired) electrons. The number of nitrogens with zero attached hydrogens (tertiary/aromatic N) is 2. The Bertz CT molecular complexity index is 931. The van der Waals surface area contributed by atoms with Crippen LogP contribution in [0.4, 0.5) is 5.69 Å². The molecule has 2 fully saturated rings. The second kappa shape index (κ2) is 9.86. The molecule has 2 heterocycles. The van der Waals surface area contributed by atoms with Gasteiger partial charge in [-0.1, -0.05) is 39.7 Å². The molecule has 2 saturated heterocycles. The summed E-state index contributed by atoms with van der Waals surface area (Å²) in [6, 6.07) is 16.0.